The van der Waals surface area contributed by atoms with Crippen LogP contribution in [0.5, 0.6) is 0 Å². The summed E-state index contributed by atoms with van der Waals surface area (Å²) in [5.41, 5.74) is 2.12. The lowest BCUT2D eigenvalue weighted by atomic mass is 10.0. The zero-order chi connectivity index (χ0) is 49.2. The summed E-state index contributed by atoms with van der Waals surface area (Å²) in [6, 6.07) is 30.0. The second kappa shape index (κ2) is 18.9. The molecule has 0 amide bonds. The number of hydrogen-bond acceptors (Lipinski definition) is 9. The van der Waals surface area contributed by atoms with E-state index in [4.69, 9.17) is 4.74 Å². The third-order valence-corrected chi connectivity index (χ3v) is 12.9. The number of aryl methyl sites for hydroxylation is 1. The highest BCUT2D eigenvalue weighted by molar-refractivity contribution is 7.93. The first-order valence-electron chi connectivity index (χ1n) is 20.1. The lowest BCUT2D eigenvalue weighted by Gasteiger charge is -2.12. The van der Waals surface area contributed by atoms with Gasteiger partial charge in [-0.1, -0.05) is 48.5 Å². The molecule has 8 rings (SSSR count). The van der Waals surface area contributed by atoms with E-state index in [0.29, 0.717) is 62.7 Å². The first-order chi connectivity index (χ1) is 32.1. The Balaban J connectivity index is 0.000000201. The van der Waals surface area contributed by atoms with E-state index in [0.717, 1.165) is 36.4 Å². The number of benzene rings is 6. The quantitative estimate of drug-likeness (QED) is 0.0674. The highest BCUT2D eigenvalue weighted by Gasteiger charge is 2.33. The van der Waals surface area contributed by atoms with Crippen LogP contribution in [0.3, 0.4) is 0 Å². The average molecular weight is 979 g/mol. The van der Waals surface area contributed by atoms with Crippen molar-refractivity contribution in [2.45, 2.75) is 42.5 Å². The minimum atomic E-state index is -4.67. The predicted molar refractivity (Wildman–Crippen MR) is 240 cm³/mol. The van der Waals surface area contributed by atoms with Gasteiger partial charge in [-0.15, -0.1) is 0 Å². The fourth-order valence-electron chi connectivity index (χ4n) is 6.94. The van der Waals surface area contributed by atoms with Crippen LogP contribution in [0, 0.1) is 0 Å². The third kappa shape index (κ3) is 10.6. The van der Waals surface area contributed by atoms with Gasteiger partial charge in [0.1, 0.15) is 0 Å². The maximum absolute atomic E-state index is 13.0. The van der Waals surface area contributed by atoms with E-state index in [2.05, 4.69) is 24.7 Å². The number of hydrogen-bond donors (Lipinski definition) is 4. The summed E-state index contributed by atoms with van der Waals surface area (Å²) < 4.78 is 140. The monoisotopic (exact) mass is 978 g/mol. The number of carboxylic acids is 1. The van der Waals surface area contributed by atoms with Gasteiger partial charge in [0, 0.05) is 28.7 Å². The van der Waals surface area contributed by atoms with Gasteiger partial charge in [-0.3, -0.25) is 19.2 Å². The van der Waals surface area contributed by atoms with E-state index in [-0.39, 0.29) is 29.4 Å². The molecule has 68 heavy (non-hydrogen) atoms. The first-order valence-corrected chi connectivity index (χ1v) is 23.0. The molecule has 0 atom stereocenters. The number of carboxylic acid groups (broad SMARTS) is 1. The van der Waals surface area contributed by atoms with E-state index in [1.807, 2.05) is 6.92 Å². The summed E-state index contributed by atoms with van der Waals surface area (Å²) >= 11 is 0. The Hall–Kier alpha value is -7.72. The maximum atomic E-state index is 13.0. The van der Waals surface area contributed by atoms with E-state index in [1.54, 1.807) is 78.3 Å². The Morgan fingerprint density at radius 1 is 0.632 bits per heavy atom. The molecule has 0 saturated carbocycles. The number of anilines is 2. The zero-order valence-corrected chi connectivity index (χ0v) is 37.0. The standard InChI is InChI=1S/2C23H18F3N3O4S/c1-2-29-20-12-15(9-10-19(20)21(27-29)22(30)31)14-5-3-7-17(11-14)28-34(32,33)18-8-4-6-16(13-18)23(24,25)26;1-2-33-22(30)21-19-10-9-15(12-20(19)27-28-21)14-5-3-7-17(11-14)29-34(31,32)18-8-4-6-16(13-18)23(24,25)26/h3-13,28H,2H2,1H3,(H,30,31);3-13,29H,2H2,1H3,(H,27,28). The number of esters is 1. The Morgan fingerprint density at radius 3 is 1.60 bits per heavy atom. The highest BCUT2D eigenvalue weighted by Crippen LogP contribution is 2.34. The lowest BCUT2D eigenvalue weighted by molar-refractivity contribution is -0.138. The summed E-state index contributed by atoms with van der Waals surface area (Å²) in [5.74, 6) is -1.69. The van der Waals surface area contributed by atoms with Crippen LogP contribution in [-0.4, -0.2) is 60.5 Å². The number of halogens is 6. The Bertz CT molecular complexity index is 3450. The van der Waals surface area contributed by atoms with Crippen LogP contribution >= 0.6 is 0 Å². The summed E-state index contributed by atoms with van der Waals surface area (Å²) in [6.07, 6.45) is -9.33. The fourth-order valence-corrected chi connectivity index (χ4v) is 9.13. The van der Waals surface area contributed by atoms with Crippen molar-refractivity contribution in [3.63, 3.8) is 0 Å². The van der Waals surface area contributed by atoms with E-state index in [1.165, 1.54) is 18.2 Å². The van der Waals surface area contributed by atoms with Gasteiger partial charge in [-0.05, 0) is 121 Å². The van der Waals surface area contributed by atoms with Gasteiger partial charge in [0.15, 0.2) is 11.4 Å². The molecular weight excluding hydrogens is 943 g/mol. The Morgan fingerprint density at radius 2 is 1.12 bits per heavy atom. The van der Waals surface area contributed by atoms with Crippen molar-refractivity contribution in [1.29, 1.82) is 0 Å². The van der Waals surface area contributed by atoms with Gasteiger partial charge in [0.2, 0.25) is 0 Å². The van der Waals surface area contributed by atoms with Crippen molar-refractivity contribution in [3.05, 3.63) is 156 Å². The number of H-pyrrole nitrogens is 1. The van der Waals surface area contributed by atoms with Gasteiger partial charge < -0.3 is 9.84 Å². The SMILES string of the molecule is CCOC(=O)c1n[nH]c2cc(-c3cccc(NS(=O)(=O)c4cccc(C(F)(F)F)c4)c3)ccc12.CCn1nc(C(=O)O)c2ccc(-c3cccc(NS(=O)(=O)c4cccc(C(F)(F)F)c4)c3)cc21. The molecule has 8 aromatic rings. The number of nitrogens with one attached hydrogen (secondary N) is 3. The molecule has 0 aliphatic rings. The number of ether oxygens (including phenoxy) is 1. The Kier molecular flexibility index (Phi) is 13.4. The average Bonchev–Trinajstić information content (AvgIpc) is 3.90. The molecule has 0 spiro atoms. The molecule has 0 fully saturated rings. The van der Waals surface area contributed by atoms with Crippen molar-refractivity contribution in [1.82, 2.24) is 20.0 Å². The van der Waals surface area contributed by atoms with Crippen LogP contribution in [0.1, 0.15) is 46.0 Å². The van der Waals surface area contributed by atoms with Crippen molar-refractivity contribution in [3.8, 4) is 22.3 Å². The molecule has 2 aromatic heterocycles. The van der Waals surface area contributed by atoms with Crippen molar-refractivity contribution in [2.75, 3.05) is 16.1 Å². The number of aromatic carboxylic acids is 1. The number of sulfonamides is 2. The van der Waals surface area contributed by atoms with Crippen molar-refractivity contribution >= 4 is 65.2 Å². The predicted octanol–water partition coefficient (Wildman–Crippen LogP) is 10.5. The topological polar surface area (TPSA) is 202 Å². The summed E-state index contributed by atoms with van der Waals surface area (Å²) in [7, 11) is -8.53. The van der Waals surface area contributed by atoms with Gasteiger partial charge >= 0.3 is 24.3 Å². The number of nitrogens with zero attached hydrogens (tertiary/aromatic N) is 3. The van der Waals surface area contributed by atoms with E-state index in [9.17, 15) is 57.9 Å². The minimum absolute atomic E-state index is 0.0639. The van der Waals surface area contributed by atoms with Crippen LogP contribution in [0.2, 0.25) is 0 Å². The second-order valence-corrected chi connectivity index (χ2v) is 18.0. The van der Waals surface area contributed by atoms with Crippen molar-refractivity contribution in [2.24, 2.45) is 0 Å². The normalized spacial score (nSPS) is 12.1. The number of fused-ring (bicyclic) bond motifs is 2. The molecule has 0 aliphatic heterocycles. The molecule has 352 valence electrons. The summed E-state index contributed by atoms with van der Waals surface area (Å²) in [6.45, 7) is 4.19. The van der Waals surface area contributed by atoms with Crippen LogP contribution in [0.15, 0.2) is 143 Å². The van der Waals surface area contributed by atoms with Gasteiger partial charge in [-0.25, -0.2) is 26.4 Å². The number of aromatic nitrogens is 4. The van der Waals surface area contributed by atoms with Gasteiger partial charge in [0.25, 0.3) is 20.0 Å². The molecule has 0 bridgehead atoms. The molecule has 0 aliphatic carbocycles. The first kappa shape index (κ1) is 48.2. The number of rotatable bonds is 12. The molecule has 14 nitrogen and oxygen atoms in total. The molecule has 0 radical (unpaired) electrons. The van der Waals surface area contributed by atoms with Crippen LogP contribution in [-0.2, 0) is 43.7 Å². The molecule has 22 heteroatoms. The van der Waals surface area contributed by atoms with Crippen molar-refractivity contribution < 1.29 is 62.6 Å². The second-order valence-electron chi connectivity index (χ2n) is 14.7. The van der Waals surface area contributed by atoms with E-state index < -0.39 is 65.3 Å². The van der Waals surface area contributed by atoms with Gasteiger partial charge in [0.05, 0.1) is 38.6 Å². The Labute approximate surface area is 383 Å². The zero-order valence-electron chi connectivity index (χ0n) is 35.3. The fraction of sp³-hybridized carbons (Fsp3) is 0.130. The van der Waals surface area contributed by atoms with E-state index >= 15 is 0 Å². The molecule has 6 aromatic carbocycles. The van der Waals surface area contributed by atoms with Gasteiger partial charge in [-0.2, -0.15) is 36.5 Å². The molecule has 0 unspecified atom stereocenters. The highest BCUT2D eigenvalue weighted by atomic mass is 32.2. The summed E-state index contributed by atoms with van der Waals surface area (Å²) in [5, 5.41) is 21.3. The molecule has 2 heterocycles. The molecule has 4 N–H and O–H groups in total. The van der Waals surface area contributed by atoms with Crippen LogP contribution in [0.25, 0.3) is 44.1 Å². The number of carbonyl (C=O) groups excluding carboxylic acids is 1. The molecular formula is C46H36F6N6O8S2. The molecule has 0 saturated heterocycles. The number of aromatic amines is 1. The minimum Gasteiger partial charge on any atom is -0.476 e. The lowest BCUT2D eigenvalue weighted by Crippen LogP contribution is -2.14. The number of carbonyl (C=O) groups is 2. The largest absolute Gasteiger partial charge is 0.476 e. The van der Waals surface area contributed by atoms with Crippen LogP contribution < -0.4 is 9.44 Å². The maximum Gasteiger partial charge on any atom is 0.416 e. The third-order valence-electron chi connectivity index (χ3n) is 10.1. The number of alkyl halides is 6. The smallest absolute Gasteiger partial charge is 0.416 e. The van der Waals surface area contributed by atoms with Crippen LogP contribution in [0.4, 0.5) is 37.7 Å². The summed E-state index contributed by atoms with van der Waals surface area (Å²) in [4.78, 5) is 22.5.